The average Bonchev–Trinajstić information content (AvgIpc) is 2.72. The number of nitrogens with two attached hydrogens (primary N) is 1. The molecule has 3 N–H and O–H groups in total. The molecule has 2 aromatic carbocycles. The lowest BCUT2D eigenvalue weighted by atomic mass is 9.97. The second kappa shape index (κ2) is 9.93. The van der Waals surface area contributed by atoms with Crippen molar-refractivity contribution >= 4 is 11.6 Å². The zero-order chi connectivity index (χ0) is 18.9. The SMILES string of the molecule is COc1cccc(NC(=O)[C@@H]([NH2+]CCC2=CCCCC2)c2ccccc2)c1. The molecule has 3 rings (SSSR count). The molecule has 0 fully saturated rings. The minimum atomic E-state index is -0.262. The predicted octanol–water partition coefficient (Wildman–Crippen LogP) is 3.83. The van der Waals surface area contributed by atoms with Crippen molar-refractivity contribution in [1.82, 2.24) is 0 Å². The number of rotatable bonds is 8. The molecule has 0 aliphatic heterocycles. The third kappa shape index (κ3) is 5.69. The van der Waals surface area contributed by atoms with Crippen molar-refractivity contribution in [3.63, 3.8) is 0 Å². The second-order valence-electron chi connectivity index (χ2n) is 6.99. The Morgan fingerprint density at radius 3 is 2.74 bits per heavy atom. The van der Waals surface area contributed by atoms with E-state index < -0.39 is 0 Å². The lowest BCUT2D eigenvalue weighted by Gasteiger charge is -2.18. The van der Waals surface area contributed by atoms with E-state index in [-0.39, 0.29) is 11.9 Å². The molecule has 27 heavy (non-hydrogen) atoms. The number of allylic oxidation sites excluding steroid dienone is 1. The Morgan fingerprint density at radius 2 is 2.00 bits per heavy atom. The fraction of sp³-hybridized carbons (Fsp3) is 0.348. The van der Waals surface area contributed by atoms with E-state index in [0.29, 0.717) is 0 Å². The van der Waals surface area contributed by atoms with Crippen LogP contribution in [0.5, 0.6) is 5.75 Å². The van der Waals surface area contributed by atoms with Gasteiger partial charge >= 0.3 is 0 Å². The molecule has 2 aromatic rings. The van der Waals surface area contributed by atoms with Gasteiger partial charge in [-0.15, -0.1) is 0 Å². The number of methoxy groups -OCH3 is 1. The monoisotopic (exact) mass is 365 g/mol. The molecule has 1 aliphatic rings. The van der Waals surface area contributed by atoms with Crippen LogP contribution in [0.3, 0.4) is 0 Å². The summed E-state index contributed by atoms with van der Waals surface area (Å²) >= 11 is 0. The van der Waals surface area contributed by atoms with Gasteiger partial charge in [0.1, 0.15) is 5.75 Å². The Balaban J connectivity index is 1.67. The highest BCUT2D eigenvalue weighted by molar-refractivity contribution is 5.94. The molecule has 4 nitrogen and oxygen atoms in total. The quantitative estimate of drug-likeness (QED) is 0.699. The van der Waals surface area contributed by atoms with E-state index in [1.54, 1.807) is 7.11 Å². The molecule has 0 bridgehead atoms. The summed E-state index contributed by atoms with van der Waals surface area (Å²) in [5.74, 6) is 0.726. The van der Waals surface area contributed by atoms with Crippen LogP contribution in [0.15, 0.2) is 66.2 Å². The smallest absolute Gasteiger partial charge is 0.287 e. The molecule has 1 atom stereocenters. The van der Waals surface area contributed by atoms with E-state index in [1.807, 2.05) is 54.6 Å². The maximum absolute atomic E-state index is 13.0. The van der Waals surface area contributed by atoms with Crippen LogP contribution in [0.2, 0.25) is 0 Å². The lowest BCUT2D eigenvalue weighted by molar-refractivity contribution is -0.682. The fourth-order valence-corrected chi connectivity index (χ4v) is 3.54. The maximum Gasteiger partial charge on any atom is 0.287 e. The molecule has 142 valence electrons. The third-order valence-electron chi connectivity index (χ3n) is 5.03. The molecular weight excluding hydrogens is 336 g/mol. The standard InChI is InChI=1S/C23H28N2O2/c1-27-21-14-8-13-20(17-21)25-23(26)22(19-11-6-3-7-12-19)24-16-15-18-9-4-2-5-10-18/h3,6-9,11-14,17,22,24H,2,4-5,10,15-16H2,1H3,(H,25,26)/p+1/t22-/m0/s1. The Bertz CT molecular complexity index is 771. The van der Waals surface area contributed by atoms with Crippen molar-refractivity contribution in [2.45, 2.75) is 38.1 Å². The molecule has 1 amide bonds. The van der Waals surface area contributed by atoms with E-state index in [1.165, 1.54) is 31.3 Å². The van der Waals surface area contributed by atoms with Crippen molar-refractivity contribution in [3.05, 3.63) is 71.8 Å². The van der Waals surface area contributed by atoms with Crippen LogP contribution < -0.4 is 15.4 Å². The molecule has 0 aromatic heterocycles. The number of hydrogen-bond acceptors (Lipinski definition) is 2. The second-order valence-corrected chi connectivity index (χ2v) is 6.99. The van der Waals surface area contributed by atoms with E-state index in [0.717, 1.165) is 30.0 Å². The minimum absolute atomic E-state index is 0.00734. The van der Waals surface area contributed by atoms with Crippen LogP contribution in [-0.2, 0) is 4.79 Å². The lowest BCUT2D eigenvalue weighted by Crippen LogP contribution is -2.87. The van der Waals surface area contributed by atoms with Crippen LogP contribution in [0.4, 0.5) is 5.69 Å². The van der Waals surface area contributed by atoms with Gasteiger partial charge in [-0.25, -0.2) is 0 Å². The first-order chi connectivity index (χ1) is 13.3. The van der Waals surface area contributed by atoms with Crippen molar-refractivity contribution in [2.75, 3.05) is 19.0 Å². The highest BCUT2D eigenvalue weighted by atomic mass is 16.5. The Kier molecular flexibility index (Phi) is 7.05. The first-order valence-electron chi connectivity index (χ1n) is 9.77. The number of carbonyl (C=O) groups excluding carboxylic acids is 1. The Hall–Kier alpha value is -2.59. The van der Waals surface area contributed by atoms with Crippen LogP contribution in [0.1, 0.15) is 43.7 Å². The van der Waals surface area contributed by atoms with Gasteiger partial charge in [-0.05, 0) is 37.8 Å². The third-order valence-corrected chi connectivity index (χ3v) is 5.03. The average molecular weight is 365 g/mol. The van der Waals surface area contributed by atoms with Crippen LogP contribution >= 0.6 is 0 Å². The van der Waals surface area contributed by atoms with Gasteiger partial charge in [-0.1, -0.05) is 48.0 Å². The van der Waals surface area contributed by atoms with E-state index in [4.69, 9.17) is 4.74 Å². The van der Waals surface area contributed by atoms with Gasteiger partial charge in [0.05, 0.1) is 13.7 Å². The van der Waals surface area contributed by atoms with Crippen molar-refractivity contribution < 1.29 is 14.8 Å². The molecular formula is C23H29N2O2+. The number of benzene rings is 2. The van der Waals surface area contributed by atoms with Crippen molar-refractivity contribution in [3.8, 4) is 5.75 Å². The van der Waals surface area contributed by atoms with Crippen LogP contribution in [-0.4, -0.2) is 19.6 Å². The summed E-state index contributed by atoms with van der Waals surface area (Å²) in [7, 11) is 1.63. The van der Waals surface area contributed by atoms with E-state index in [2.05, 4.69) is 16.7 Å². The summed E-state index contributed by atoms with van der Waals surface area (Å²) in [6, 6.07) is 17.2. The Morgan fingerprint density at radius 1 is 1.15 bits per heavy atom. The molecule has 0 heterocycles. The molecule has 0 unspecified atom stereocenters. The Labute approximate surface area is 161 Å². The summed E-state index contributed by atoms with van der Waals surface area (Å²) < 4.78 is 5.25. The predicted molar refractivity (Wildman–Crippen MR) is 109 cm³/mol. The first kappa shape index (κ1) is 19.2. The summed E-state index contributed by atoms with van der Waals surface area (Å²) in [5.41, 5.74) is 3.32. The van der Waals surface area contributed by atoms with Crippen molar-refractivity contribution in [1.29, 1.82) is 0 Å². The number of ether oxygens (including phenoxy) is 1. The number of nitrogens with one attached hydrogen (secondary N) is 1. The minimum Gasteiger partial charge on any atom is -0.497 e. The molecule has 0 saturated heterocycles. The largest absolute Gasteiger partial charge is 0.497 e. The van der Waals surface area contributed by atoms with Crippen LogP contribution in [0.25, 0.3) is 0 Å². The summed E-state index contributed by atoms with van der Waals surface area (Å²) in [6.07, 6.45) is 8.45. The maximum atomic E-state index is 13.0. The molecule has 1 aliphatic carbocycles. The van der Waals surface area contributed by atoms with Gasteiger partial charge in [0.2, 0.25) is 0 Å². The van der Waals surface area contributed by atoms with Gasteiger partial charge in [-0.2, -0.15) is 0 Å². The summed E-state index contributed by atoms with van der Waals surface area (Å²) in [4.78, 5) is 13.0. The number of anilines is 1. The normalized spacial score (nSPS) is 14.9. The van der Waals surface area contributed by atoms with Gasteiger partial charge in [0.15, 0.2) is 6.04 Å². The summed E-state index contributed by atoms with van der Waals surface area (Å²) in [6.45, 7) is 0.914. The van der Waals surface area contributed by atoms with E-state index >= 15 is 0 Å². The van der Waals surface area contributed by atoms with Gasteiger partial charge in [0.25, 0.3) is 5.91 Å². The summed E-state index contributed by atoms with van der Waals surface area (Å²) in [5, 5.41) is 5.19. The number of hydrogen-bond donors (Lipinski definition) is 2. The van der Waals surface area contributed by atoms with Gasteiger partial charge < -0.3 is 15.4 Å². The number of amides is 1. The first-order valence-corrected chi connectivity index (χ1v) is 9.77. The fourth-order valence-electron chi connectivity index (χ4n) is 3.54. The zero-order valence-electron chi connectivity index (χ0n) is 16.0. The zero-order valence-corrected chi connectivity index (χ0v) is 16.0. The molecule has 0 saturated carbocycles. The topological polar surface area (TPSA) is 54.9 Å². The van der Waals surface area contributed by atoms with Gasteiger partial charge in [-0.3, -0.25) is 4.79 Å². The molecule has 4 heteroatoms. The van der Waals surface area contributed by atoms with E-state index in [9.17, 15) is 4.79 Å². The van der Waals surface area contributed by atoms with Gasteiger partial charge in [0, 0.05) is 23.7 Å². The van der Waals surface area contributed by atoms with Crippen molar-refractivity contribution in [2.24, 2.45) is 0 Å². The highest BCUT2D eigenvalue weighted by Gasteiger charge is 2.24. The van der Waals surface area contributed by atoms with Crippen LogP contribution in [0, 0.1) is 0 Å². The number of carbonyl (C=O) groups is 1. The molecule has 0 spiro atoms. The molecule has 0 radical (unpaired) electrons. The highest BCUT2D eigenvalue weighted by Crippen LogP contribution is 2.20. The number of quaternary nitrogens is 1.